The second kappa shape index (κ2) is 8.56. The van der Waals surface area contributed by atoms with Crippen LogP contribution in [0.25, 0.3) is 0 Å². The summed E-state index contributed by atoms with van der Waals surface area (Å²) in [5.41, 5.74) is 1.14. The van der Waals surface area contributed by atoms with E-state index in [1.54, 1.807) is 6.33 Å². The van der Waals surface area contributed by atoms with Crippen molar-refractivity contribution < 1.29 is 0 Å². The Hall–Kier alpha value is -0.580. The van der Waals surface area contributed by atoms with Crippen LogP contribution >= 0.6 is 12.4 Å². The predicted octanol–water partition coefficient (Wildman–Crippen LogP) is 1.65. The van der Waals surface area contributed by atoms with Gasteiger partial charge in [-0.05, 0) is 20.0 Å². The minimum atomic E-state index is 0. The average Bonchev–Trinajstić information content (AvgIpc) is 2.72. The van der Waals surface area contributed by atoms with E-state index in [4.69, 9.17) is 0 Å². The van der Waals surface area contributed by atoms with Crippen molar-refractivity contribution in [3.05, 3.63) is 18.2 Å². The molecular weight excluding hydrogens is 224 g/mol. The van der Waals surface area contributed by atoms with Gasteiger partial charge in [0, 0.05) is 31.0 Å². The van der Waals surface area contributed by atoms with E-state index in [0.717, 1.165) is 31.9 Å². The molecule has 0 amide bonds. The normalized spacial score (nSPS) is 12.5. The largest absolute Gasteiger partial charge is 0.347 e. The molecule has 0 spiro atoms. The first-order valence-electron chi connectivity index (χ1n) is 5.69. The number of rotatable bonds is 7. The summed E-state index contributed by atoms with van der Waals surface area (Å²) in [6, 6.07) is 0.586. The quantitative estimate of drug-likeness (QED) is 0.769. The van der Waals surface area contributed by atoms with E-state index in [2.05, 4.69) is 41.0 Å². The molecular formula is C11H23ClN4. The Kier molecular flexibility index (Phi) is 8.25. The summed E-state index contributed by atoms with van der Waals surface area (Å²) in [4.78, 5) is 9.51. The second-order valence-corrected chi connectivity index (χ2v) is 3.78. The number of nitrogens with one attached hydrogen (secondary N) is 2. The van der Waals surface area contributed by atoms with Gasteiger partial charge in [-0.2, -0.15) is 0 Å². The molecule has 2 N–H and O–H groups in total. The van der Waals surface area contributed by atoms with Gasteiger partial charge in [0.15, 0.2) is 0 Å². The summed E-state index contributed by atoms with van der Waals surface area (Å²) >= 11 is 0. The Labute approximate surface area is 104 Å². The first kappa shape index (κ1) is 15.4. The fourth-order valence-corrected chi connectivity index (χ4v) is 1.77. The second-order valence-electron chi connectivity index (χ2n) is 3.78. The molecule has 0 aromatic carbocycles. The van der Waals surface area contributed by atoms with Gasteiger partial charge in [0.2, 0.25) is 0 Å². The highest BCUT2D eigenvalue weighted by Gasteiger charge is 2.08. The van der Waals surface area contributed by atoms with Gasteiger partial charge in [0.05, 0.1) is 6.33 Å². The van der Waals surface area contributed by atoms with E-state index in [1.165, 1.54) is 0 Å². The Morgan fingerprint density at radius 3 is 2.62 bits per heavy atom. The number of aromatic amines is 1. The Morgan fingerprint density at radius 2 is 2.12 bits per heavy atom. The minimum absolute atomic E-state index is 0. The highest BCUT2D eigenvalue weighted by molar-refractivity contribution is 5.85. The molecule has 0 bridgehead atoms. The molecule has 4 nitrogen and oxygen atoms in total. The van der Waals surface area contributed by atoms with Crippen molar-refractivity contribution in [2.75, 3.05) is 19.6 Å². The van der Waals surface area contributed by atoms with E-state index in [0.29, 0.717) is 6.04 Å². The third kappa shape index (κ3) is 4.96. The van der Waals surface area contributed by atoms with Crippen molar-refractivity contribution >= 4 is 12.4 Å². The lowest BCUT2D eigenvalue weighted by Gasteiger charge is -2.26. The fraction of sp³-hybridized carbons (Fsp3) is 0.727. The summed E-state index contributed by atoms with van der Waals surface area (Å²) in [6.45, 7) is 10.8. The molecule has 0 saturated heterocycles. The summed E-state index contributed by atoms with van der Waals surface area (Å²) in [5, 5.41) is 3.42. The van der Waals surface area contributed by atoms with Crippen LogP contribution in [0.2, 0.25) is 0 Å². The molecule has 94 valence electrons. The molecule has 1 aromatic heterocycles. The Morgan fingerprint density at radius 1 is 1.44 bits per heavy atom. The number of H-pyrrole nitrogens is 1. The fourth-order valence-electron chi connectivity index (χ4n) is 1.77. The van der Waals surface area contributed by atoms with Crippen LogP contribution in [-0.4, -0.2) is 40.5 Å². The maximum atomic E-state index is 3.98. The van der Waals surface area contributed by atoms with Gasteiger partial charge in [-0.3, -0.25) is 4.90 Å². The Balaban J connectivity index is 0.00000225. The number of hydrogen-bond donors (Lipinski definition) is 2. The predicted molar refractivity (Wildman–Crippen MR) is 69.9 cm³/mol. The van der Waals surface area contributed by atoms with E-state index in [1.807, 2.05) is 6.20 Å². The van der Waals surface area contributed by atoms with E-state index < -0.39 is 0 Å². The number of aromatic nitrogens is 2. The number of halogens is 1. The van der Waals surface area contributed by atoms with E-state index in [-0.39, 0.29) is 12.4 Å². The maximum Gasteiger partial charge on any atom is 0.0922 e. The number of imidazole rings is 1. The SMILES string of the molecule is CCN(CC)C(C)CNCc1cnc[nH]1.Cl. The third-order valence-corrected chi connectivity index (χ3v) is 2.75. The lowest BCUT2D eigenvalue weighted by Crippen LogP contribution is -2.40. The van der Waals surface area contributed by atoms with Crippen molar-refractivity contribution in [1.82, 2.24) is 20.2 Å². The van der Waals surface area contributed by atoms with Gasteiger partial charge in [0.25, 0.3) is 0 Å². The van der Waals surface area contributed by atoms with Crippen molar-refractivity contribution in [3.63, 3.8) is 0 Å². The molecule has 1 atom stereocenters. The zero-order valence-corrected chi connectivity index (χ0v) is 11.2. The molecule has 0 aliphatic heterocycles. The van der Waals surface area contributed by atoms with E-state index in [9.17, 15) is 0 Å². The molecule has 0 fully saturated rings. The molecule has 0 aliphatic carbocycles. The van der Waals surface area contributed by atoms with Gasteiger partial charge in [-0.25, -0.2) is 4.98 Å². The molecule has 0 saturated carbocycles. The van der Waals surface area contributed by atoms with Crippen LogP contribution in [0.4, 0.5) is 0 Å². The van der Waals surface area contributed by atoms with E-state index >= 15 is 0 Å². The van der Waals surface area contributed by atoms with Crippen LogP contribution in [-0.2, 0) is 6.54 Å². The van der Waals surface area contributed by atoms with Gasteiger partial charge in [0.1, 0.15) is 0 Å². The van der Waals surface area contributed by atoms with Gasteiger partial charge < -0.3 is 10.3 Å². The number of hydrogen-bond acceptors (Lipinski definition) is 3. The van der Waals surface area contributed by atoms with Crippen LogP contribution in [0, 0.1) is 0 Å². The zero-order valence-electron chi connectivity index (χ0n) is 10.4. The topological polar surface area (TPSA) is 44.0 Å². The summed E-state index contributed by atoms with van der Waals surface area (Å²) in [5.74, 6) is 0. The first-order valence-corrected chi connectivity index (χ1v) is 5.69. The Bertz CT molecular complexity index is 246. The van der Waals surface area contributed by atoms with Gasteiger partial charge in [-0.15, -0.1) is 12.4 Å². The summed E-state index contributed by atoms with van der Waals surface area (Å²) in [6.07, 6.45) is 3.57. The van der Waals surface area contributed by atoms with Crippen LogP contribution in [0.5, 0.6) is 0 Å². The maximum absolute atomic E-state index is 3.98. The van der Waals surface area contributed by atoms with Gasteiger partial charge in [-0.1, -0.05) is 13.8 Å². The van der Waals surface area contributed by atoms with Crippen molar-refractivity contribution in [2.24, 2.45) is 0 Å². The lowest BCUT2D eigenvalue weighted by atomic mass is 10.2. The summed E-state index contributed by atoms with van der Waals surface area (Å²) < 4.78 is 0. The van der Waals surface area contributed by atoms with Gasteiger partial charge >= 0.3 is 0 Å². The zero-order chi connectivity index (χ0) is 11.1. The first-order chi connectivity index (χ1) is 7.27. The van der Waals surface area contributed by atoms with Crippen LogP contribution in [0.15, 0.2) is 12.5 Å². The van der Waals surface area contributed by atoms with Crippen molar-refractivity contribution in [3.8, 4) is 0 Å². The monoisotopic (exact) mass is 246 g/mol. The standard InChI is InChI=1S/C11H22N4.ClH/c1-4-15(5-2)10(3)6-12-7-11-8-13-9-14-11;/h8-10,12H,4-7H2,1-3H3,(H,13,14);1H. The molecule has 1 rings (SSSR count). The van der Waals surface area contributed by atoms with Crippen molar-refractivity contribution in [1.29, 1.82) is 0 Å². The molecule has 5 heteroatoms. The molecule has 0 aliphatic rings. The number of nitrogens with zero attached hydrogens (tertiary/aromatic N) is 2. The molecule has 1 aromatic rings. The van der Waals surface area contributed by atoms with Crippen LogP contribution in [0.3, 0.4) is 0 Å². The molecule has 0 radical (unpaired) electrons. The minimum Gasteiger partial charge on any atom is -0.347 e. The highest BCUT2D eigenvalue weighted by atomic mass is 35.5. The van der Waals surface area contributed by atoms with Crippen LogP contribution < -0.4 is 5.32 Å². The highest BCUT2D eigenvalue weighted by Crippen LogP contribution is 1.97. The third-order valence-electron chi connectivity index (χ3n) is 2.75. The molecule has 16 heavy (non-hydrogen) atoms. The molecule has 1 unspecified atom stereocenters. The van der Waals surface area contributed by atoms with Crippen LogP contribution in [0.1, 0.15) is 26.5 Å². The lowest BCUT2D eigenvalue weighted by molar-refractivity contribution is 0.225. The number of likely N-dealkylation sites (N-methyl/N-ethyl adjacent to an activating group) is 1. The summed E-state index contributed by atoms with van der Waals surface area (Å²) in [7, 11) is 0. The smallest absolute Gasteiger partial charge is 0.0922 e. The molecule has 1 heterocycles. The van der Waals surface area contributed by atoms with Crippen molar-refractivity contribution in [2.45, 2.75) is 33.4 Å². The average molecular weight is 247 g/mol.